The molecule has 7 heteroatoms. The van der Waals surface area contributed by atoms with Crippen molar-refractivity contribution in [2.45, 2.75) is 43.6 Å². The number of amides is 1. The number of rotatable bonds is 6. The van der Waals surface area contributed by atoms with Gasteiger partial charge in [0.1, 0.15) is 18.0 Å². The first-order chi connectivity index (χ1) is 12.2. The molecular weight excluding hydrogens is 322 g/mol. The molecule has 0 aliphatic carbocycles. The van der Waals surface area contributed by atoms with Crippen LogP contribution in [0.25, 0.3) is 0 Å². The Kier molecular flexibility index (Phi) is 6.12. The van der Waals surface area contributed by atoms with Gasteiger partial charge in [-0.15, -0.1) is 0 Å². The molecule has 2 heterocycles. The van der Waals surface area contributed by atoms with Gasteiger partial charge in [-0.05, 0) is 43.5 Å². The highest BCUT2D eigenvalue weighted by molar-refractivity contribution is 5.67. The fourth-order valence-electron chi connectivity index (χ4n) is 3.44. The third-order valence-electron chi connectivity index (χ3n) is 4.88. The molecule has 2 fully saturated rings. The van der Waals surface area contributed by atoms with Crippen molar-refractivity contribution >= 4 is 6.09 Å². The third-order valence-corrected chi connectivity index (χ3v) is 4.88. The summed E-state index contributed by atoms with van der Waals surface area (Å²) in [6, 6.07) is 7.96. The first-order valence-corrected chi connectivity index (χ1v) is 8.88. The van der Waals surface area contributed by atoms with Crippen molar-refractivity contribution < 1.29 is 19.4 Å². The molecule has 2 aliphatic heterocycles. The Morgan fingerprint density at radius 3 is 2.80 bits per heavy atom. The molecule has 0 saturated carbocycles. The Morgan fingerprint density at radius 1 is 1.32 bits per heavy atom. The van der Waals surface area contributed by atoms with Crippen LogP contribution in [-0.4, -0.2) is 62.2 Å². The molecule has 2 saturated heterocycles. The monoisotopic (exact) mass is 349 g/mol. The van der Waals surface area contributed by atoms with E-state index in [0.717, 1.165) is 30.7 Å². The molecule has 0 unspecified atom stereocenters. The molecule has 0 radical (unpaired) electrons. The maximum atomic E-state index is 12.1. The highest BCUT2D eigenvalue weighted by atomic mass is 16.6. The number of methoxy groups -OCH3 is 1. The predicted molar refractivity (Wildman–Crippen MR) is 93.8 cm³/mol. The molecule has 0 aromatic heterocycles. The van der Waals surface area contributed by atoms with E-state index in [9.17, 15) is 9.90 Å². The van der Waals surface area contributed by atoms with Crippen LogP contribution in [0.2, 0.25) is 0 Å². The van der Waals surface area contributed by atoms with E-state index in [2.05, 4.69) is 16.0 Å². The first kappa shape index (κ1) is 18.0. The lowest BCUT2D eigenvalue weighted by atomic mass is 10.0. The second-order valence-corrected chi connectivity index (χ2v) is 6.68. The summed E-state index contributed by atoms with van der Waals surface area (Å²) < 4.78 is 10.7. The van der Waals surface area contributed by atoms with Crippen LogP contribution in [0.1, 0.15) is 18.4 Å². The second-order valence-electron chi connectivity index (χ2n) is 6.68. The molecule has 4 atom stereocenters. The Balaban J connectivity index is 1.51. The van der Waals surface area contributed by atoms with Crippen LogP contribution < -0.4 is 20.7 Å². The van der Waals surface area contributed by atoms with Crippen LogP contribution in [0.4, 0.5) is 4.79 Å². The molecule has 25 heavy (non-hydrogen) atoms. The number of carbonyl (C=O) groups excluding carboxylic acids is 1. The van der Waals surface area contributed by atoms with E-state index in [0.29, 0.717) is 25.6 Å². The van der Waals surface area contributed by atoms with E-state index in [1.807, 2.05) is 24.3 Å². The lowest BCUT2D eigenvalue weighted by Gasteiger charge is -2.22. The maximum Gasteiger partial charge on any atom is 0.407 e. The van der Waals surface area contributed by atoms with Crippen molar-refractivity contribution in [2.75, 3.05) is 26.7 Å². The van der Waals surface area contributed by atoms with E-state index in [-0.39, 0.29) is 6.04 Å². The molecule has 138 valence electrons. The zero-order chi connectivity index (χ0) is 17.6. The van der Waals surface area contributed by atoms with Crippen molar-refractivity contribution in [3.05, 3.63) is 29.8 Å². The van der Waals surface area contributed by atoms with Crippen LogP contribution in [0, 0.1) is 0 Å². The number of aliphatic hydroxyl groups is 1. The number of nitrogens with one attached hydrogen (secondary N) is 3. The van der Waals surface area contributed by atoms with Crippen molar-refractivity contribution in [1.82, 2.24) is 16.0 Å². The lowest BCUT2D eigenvalue weighted by Crippen LogP contribution is -2.44. The van der Waals surface area contributed by atoms with Gasteiger partial charge in [-0.3, -0.25) is 0 Å². The van der Waals surface area contributed by atoms with Gasteiger partial charge in [0.25, 0.3) is 0 Å². The van der Waals surface area contributed by atoms with Crippen molar-refractivity contribution in [3.8, 4) is 5.75 Å². The summed E-state index contributed by atoms with van der Waals surface area (Å²) in [5.74, 6) is 0.802. The summed E-state index contributed by atoms with van der Waals surface area (Å²) in [7, 11) is 1.63. The average Bonchev–Trinajstić information content (AvgIpc) is 3.26. The van der Waals surface area contributed by atoms with Crippen LogP contribution in [0.3, 0.4) is 0 Å². The highest BCUT2D eigenvalue weighted by Crippen LogP contribution is 2.19. The predicted octanol–water partition coefficient (Wildman–Crippen LogP) is 0.417. The van der Waals surface area contributed by atoms with Crippen molar-refractivity contribution in [2.24, 2.45) is 0 Å². The first-order valence-electron chi connectivity index (χ1n) is 8.88. The lowest BCUT2D eigenvalue weighted by molar-refractivity contribution is 0.0188. The van der Waals surface area contributed by atoms with E-state index in [4.69, 9.17) is 9.47 Å². The van der Waals surface area contributed by atoms with Gasteiger partial charge in [0.15, 0.2) is 0 Å². The molecule has 1 amide bonds. The molecule has 7 nitrogen and oxygen atoms in total. The number of hydrogen-bond donors (Lipinski definition) is 4. The summed E-state index contributed by atoms with van der Waals surface area (Å²) in [5.41, 5.74) is 1.09. The van der Waals surface area contributed by atoms with E-state index in [1.165, 1.54) is 0 Å². The molecular formula is C18H27N3O4. The third kappa shape index (κ3) is 4.84. The van der Waals surface area contributed by atoms with E-state index < -0.39 is 18.3 Å². The van der Waals surface area contributed by atoms with Gasteiger partial charge in [0, 0.05) is 19.1 Å². The minimum atomic E-state index is -0.696. The highest BCUT2D eigenvalue weighted by Gasteiger charge is 2.37. The summed E-state index contributed by atoms with van der Waals surface area (Å²) in [4.78, 5) is 12.1. The standard InChI is InChI=1S/C18H27N3O4/c1-24-14-6-4-12(5-7-14)9-15-17(16(22)11-20-15)25-18(23)21-10-13-3-2-8-19-13/h4-7,13,15-17,19-20,22H,2-3,8-11H2,1H3,(H,21,23)/t13-,15-,16+,17+/m1/s1. The number of aliphatic hydroxyl groups excluding tert-OH is 1. The van der Waals surface area contributed by atoms with Crippen molar-refractivity contribution in [1.29, 1.82) is 0 Å². The zero-order valence-electron chi connectivity index (χ0n) is 14.5. The van der Waals surface area contributed by atoms with Gasteiger partial charge < -0.3 is 30.5 Å². The molecule has 0 spiro atoms. The van der Waals surface area contributed by atoms with Crippen LogP contribution >= 0.6 is 0 Å². The smallest absolute Gasteiger partial charge is 0.407 e. The Bertz CT molecular complexity index is 560. The average molecular weight is 349 g/mol. The van der Waals surface area contributed by atoms with E-state index in [1.54, 1.807) is 7.11 Å². The van der Waals surface area contributed by atoms with E-state index >= 15 is 0 Å². The minimum absolute atomic E-state index is 0.112. The number of carbonyl (C=O) groups is 1. The number of hydrogen-bond acceptors (Lipinski definition) is 6. The van der Waals surface area contributed by atoms with Crippen LogP contribution in [0.15, 0.2) is 24.3 Å². The van der Waals surface area contributed by atoms with Crippen LogP contribution in [-0.2, 0) is 11.2 Å². The Hall–Kier alpha value is -1.83. The van der Waals surface area contributed by atoms with Gasteiger partial charge in [0.05, 0.1) is 13.2 Å². The van der Waals surface area contributed by atoms with Crippen LogP contribution in [0.5, 0.6) is 5.75 Å². The summed E-state index contributed by atoms with van der Waals surface area (Å²) >= 11 is 0. The minimum Gasteiger partial charge on any atom is -0.497 e. The molecule has 4 N–H and O–H groups in total. The fraction of sp³-hybridized carbons (Fsp3) is 0.611. The Labute approximate surface area is 148 Å². The summed E-state index contributed by atoms with van der Waals surface area (Å²) in [5, 5.41) is 19.5. The quantitative estimate of drug-likeness (QED) is 0.595. The van der Waals surface area contributed by atoms with Crippen molar-refractivity contribution in [3.63, 3.8) is 0 Å². The summed E-state index contributed by atoms with van der Waals surface area (Å²) in [6.45, 7) is 1.97. The molecule has 0 bridgehead atoms. The molecule has 1 aromatic rings. The number of alkyl carbamates (subject to hydrolysis) is 1. The SMILES string of the molecule is COc1ccc(C[C@H]2NC[C@H](O)[C@H]2OC(=O)NC[C@H]2CCCN2)cc1. The second kappa shape index (κ2) is 8.51. The maximum absolute atomic E-state index is 12.1. The van der Waals surface area contributed by atoms with Gasteiger partial charge in [-0.2, -0.15) is 0 Å². The number of ether oxygens (including phenoxy) is 2. The molecule has 2 aliphatic rings. The topological polar surface area (TPSA) is 91.8 Å². The Morgan fingerprint density at radius 2 is 2.12 bits per heavy atom. The number of benzene rings is 1. The molecule has 3 rings (SSSR count). The van der Waals surface area contributed by atoms with Gasteiger partial charge in [-0.25, -0.2) is 4.79 Å². The van der Waals surface area contributed by atoms with Gasteiger partial charge >= 0.3 is 6.09 Å². The largest absolute Gasteiger partial charge is 0.497 e. The fourth-order valence-corrected chi connectivity index (χ4v) is 3.44. The van der Waals surface area contributed by atoms with Gasteiger partial charge in [-0.1, -0.05) is 12.1 Å². The number of β-amino-alcohol motifs (C(OH)–C–C–N with tert-alkyl or cyclic N) is 1. The summed E-state index contributed by atoms with van der Waals surface area (Å²) in [6.07, 6.45) is 1.15. The normalized spacial score (nSPS) is 28.7. The molecule has 1 aromatic carbocycles. The zero-order valence-corrected chi connectivity index (χ0v) is 14.5. The van der Waals surface area contributed by atoms with Gasteiger partial charge in [0.2, 0.25) is 0 Å².